The van der Waals surface area contributed by atoms with E-state index >= 15 is 0 Å². The summed E-state index contributed by atoms with van der Waals surface area (Å²) in [5.41, 5.74) is 3.27. The molecule has 2 heterocycles. The van der Waals surface area contributed by atoms with E-state index in [4.69, 9.17) is 9.47 Å². The highest BCUT2D eigenvalue weighted by Crippen LogP contribution is 2.52. The summed E-state index contributed by atoms with van der Waals surface area (Å²) in [6, 6.07) is 5.22. The van der Waals surface area contributed by atoms with Crippen LogP contribution in [0.25, 0.3) is 0 Å². The maximum atomic E-state index is 10.6. The molecule has 2 aromatic carbocycles. The Balaban J connectivity index is 1.56. The maximum absolute atomic E-state index is 10.6. The molecule has 194 valence electrons. The predicted molar refractivity (Wildman–Crippen MR) is 141 cm³/mol. The summed E-state index contributed by atoms with van der Waals surface area (Å²) in [6.07, 6.45) is 9.76. The zero-order valence-electron chi connectivity index (χ0n) is 22.4. The molecular weight excluding hydrogens is 452 g/mol. The fourth-order valence-electron chi connectivity index (χ4n) is 6.79. The number of allylic oxidation sites excluding steroid dienone is 1. The number of phenolic OH excluding ortho intramolecular Hbond substituents is 3. The molecule has 5 rings (SSSR count). The number of phenols is 3. The molecule has 0 unspecified atom stereocenters. The first-order valence-corrected chi connectivity index (χ1v) is 13.2. The van der Waals surface area contributed by atoms with Crippen molar-refractivity contribution in [3.63, 3.8) is 0 Å². The fourth-order valence-corrected chi connectivity index (χ4v) is 6.79. The average molecular weight is 493 g/mol. The van der Waals surface area contributed by atoms with Gasteiger partial charge in [0.1, 0.15) is 22.7 Å². The number of benzene rings is 2. The van der Waals surface area contributed by atoms with Crippen LogP contribution < -0.4 is 9.47 Å². The van der Waals surface area contributed by atoms with Crippen LogP contribution in [0.5, 0.6) is 28.7 Å². The maximum Gasteiger partial charge on any atom is 0.200 e. The van der Waals surface area contributed by atoms with Crippen molar-refractivity contribution in [3.8, 4) is 28.7 Å². The van der Waals surface area contributed by atoms with E-state index in [0.717, 1.165) is 61.0 Å². The molecule has 2 aromatic rings. The Morgan fingerprint density at radius 3 is 2.28 bits per heavy atom. The van der Waals surface area contributed by atoms with Crippen molar-refractivity contribution in [1.82, 2.24) is 0 Å². The van der Waals surface area contributed by atoms with Gasteiger partial charge in [-0.15, -0.1) is 0 Å². The third-order valence-corrected chi connectivity index (χ3v) is 9.14. The topological polar surface area (TPSA) is 79.2 Å². The molecule has 36 heavy (non-hydrogen) atoms. The number of ether oxygens (including phenoxy) is 2. The van der Waals surface area contributed by atoms with E-state index in [-0.39, 0.29) is 34.2 Å². The highest BCUT2D eigenvalue weighted by Gasteiger charge is 2.47. The second-order valence-electron chi connectivity index (χ2n) is 12.6. The van der Waals surface area contributed by atoms with Crippen molar-refractivity contribution < 1.29 is 24.8 Å². The molecule has 0 saturated heterocycles. The normalized spacial score (nSPS) is 30.9. The molecule has 0 spiro atoms. The van der Waals surface area contributed by atoms with Crippen molar-refractivity contribution in [2.75, 3.05) is 0 Å². The van der Waals surface area contributed by atoms with Gasteiger partial charge in [-0.05, 0) is 94.0 Å². The molecule has 5 nitrogen and oxygen atoms in total. The zero-order chi connectivity index (χ0) is 26.0. The van der Waals surface area contributed by atoms with Gasteiger partial charge in [-0.1, -0.05) is 26.0 Å². The van der Waals surface area contributed by atoms with E-state index in [1.54, 1.807) is 12.1 Å². The summed E-state index contributed by atoms with van der Waals surface area (Å²) in [7, 11) is 0. The molecule has 4 atom stereocenters. The number of aromatic hydroxyl groups is 3. The molecule has 0 aromatic heterocycles. The van der Waals surface area contributed by atoms with Crippen molar-refractivity contribution in [2.24, 2.45) is 17.3 Å². The summed E-state index contributed by atoms with van der Waals surface area (Å²) in [6.45, 7) is 13.0. The van der Waals surface area contributed by atoms with Crippen LogP contribution in [0, 0.1) is 31.1 Å². The molecule has 5 heteroatoms. The van der Waals surface area contributed by atoms with Gasteiger partial charge in [0, 0.05) is 29.9 Å². The van der Waals surface area contributed by atoms with Gasteiger partial charge in [0.25, 0.3) is 0 Å². The number of aryl methyl sites for hydroxylation is 2. The molecule has 3 N–H and O–H groups in total. The monoisotopic (exact) mass is 492 g/mol. The number of fused-ring (bicyclic) bond motifs is 4. The Labute approximate surface area is 214 Å². The number of rotatable bonds is 0. The van der Waals surface area contributed by atoms with Crippen LogP contribution in [0.1, 0.15) is 75.6 Å². The van der Waals surface area contributed by atoms with Gasteiger partial charge in [-0.25, -0.2) is 0 Å². The first-order valence-electron chi connectivity index (χ1n) is 13.2. The summed E-state index contributed by atoms with van der Waals surface area (Å²) in [5.74, 6) is 1.72. The van der Waals surface area contributed by atoms with Gasteiger partial charge in [0.15, 0.2) is 11.5 Å². The van der Waals surface area contributed by atoms with Crippen LogP contribution in [0.15, 0.2) is 30.4 Å². The Bertz CT molecular complexity index is 1230. The lowest BCUT2D eigenvalue weighted by Gasteiger charge is -2.47. The van der Waals surface area contributed by atoms with Crippen molar-refractivity contribution in [2.45, 2.75) is 91.3 Å². The average Bonchev–Trinajstić information content (AvgIpc) is 2.78. The Morgan fingerprint density at radius 2 is 1.53 bits per heavy atom. The molecule has 3 aliphatic rings. The van der Waals surface area contributed by atoms with Gasteiger partial charge in [0.05, 0.1) is 0 Å². The second-order valence-corrected chi connectivity index (χ2v) is 12.6. The minimum absolute atomic E-state index is 0.0304. The van der Waals surface area contributed by atoms with Crippen molar-refractivity contribution in [3.05, 3.63) is 52.6 Å². The molecule has 0 bridgehead atoms. The van der Waals surface area contributed by atoms with E-state index in [1.165, 1.54) is 5.56 Å². The molecule has 0 amide bonds. The first kappa shape index (κ1) is 24.9. The molecule has 0 fully saturated rings. The zero-order valence-corrected chi connectivity index (χ0v) is 22.4. The lowest BCUT2D eigenvalue weighted by atomic mass is 9.68. The van der Waals surface area contributed by atoms with Crippen LogP contribution in [0.2, 0.25) is 0 Å². The second kappa shape index (κ2) is 8.36. The summed E-state index contributed by atoms with van der Waals surface area (Å²) in [4.78, 5) is 0. The molecule has 0 radical (unpaired) electrons. The number of hydrogen-bond acceptors (Lipinski definition) is 5. The van der Waals surface area contributed by atoms with E-state index in [9.17, 15) is 15.3 Å². The lowest BCUT2D eigenvalue weighted by molar-refractivity contribution is -0.0366. The third kappa shape index (κ3) is 4.21. The van der Waals surface area contributed by atoms with E-state index in [1.807, 2.05) is 13.0 Å². The van der Waals surface area contributed by atoms with Crippen LogP contribution in [-0.2, 0) is 12.8 Å². The van der Waals surface area contributed by atoms with Gasteiger partial charge >= 0.3 is 0 Å². The summed E-state index contributed by atoms with van der Waals surface area (Å²) >= 11 is 0. The molecule has 1 aliphatic carbocycles. The largest absolute Gasteiger partial charge is 0.508 e. The minimum Gasteiger partial charge on any atom is -0.508 e. The minimum atomic E-state index is -0.519. The van der Waals surface area contributed by atoms with Gasteiger partial charge in [0.2, 0.25) is 5.75 Å². The van der Waals surface area contributed by atoms with Gasteiger partial charge in [-0.3, -0.25) is 0 Å². The Kier molecular flexibility index (Phi) is 5.77. The smallest absolute Gasteiger partial charge is 0.200 e. The lowest BCUT2D eigenvalue weighted by Crippen LogP contribution is -2.49. The van der Waals surface area contributed by atoms with E-state index < -0.39 is 5.60 Å². The highest BCUT2D eigenvalue weighted by molar-refractivity contribution is 5.58. The summed E-state index contributed by atoms with van der Waals surface area (Å²) in [5, 5.41) is 31.1. The van der Waals surface area contributed by atoms with Crippen LogP contribution in [0.4, 0.5) is 0 Å². The van der Waals surface area contributed by atoms with E-state index in [0.29, 0.717) is 11.7 Å². The van der Waals surface area contributed by atoms with Crippen molar-refractivity contribution >= 4 is 0 Å². The van der Waals surface area contributed by atoms with Crippen molar-refractivity contribution in [1.29, 1.82) is 0 Å². The predicted octanol–water partition coefficient (Wildman–Crippen LogP) is 6.90. The van der Waals surface area contributed by atoms with Crippen LogP contribution in [0.3, 0.4) is 0 Å². The fraction of sp³-hybridized carbons (Fsp3) is 0.548. The molecular formula is C31H40O5. The Morgan fingerprint density at radius 1 is 0.833 bits per heavy atom. The third-order valence-electron chi connectivity index (χ3n) is 9.14. The standard InChI is InChI=1S/C31H40O5/c1-18-12-22(32)16-26-23(18)15-21-17-29(3,4)9-7-10-30(5)20(8-11-31(21,6)35-26)14-24-19(2)13-25(33)27(34)28(24)36-30/h7,9,12-13,16,20-21,32-34H,8,10-11,14-15,17H2,1-6H3/t20-,21+,30+,31-/m0/s1. The SMILES string of the molecule is Cc1cc(O)cc2c1C[C@@H]1CC(C)(C)C=CC[C@@]3(C)Oc4c(O)c(O)cc(C)c4C[C@@H]3CC[C@]1(C)O2. The number of hydrogen-bond donors (Lipinski definition) is 3. The van der Waals surface area contributed by atoms with Crippen LogP contribution in [-0.4, -0.2) is 26.5 Å². The molecule has 0 saturated carbocycles. The van der Waals surface area contributed by atoms with Crippen LogP contribution >= 0.6 is 0 Å². The van der Waals surface area contributed by atoms with Gasteiger partial charge in [-0.2, -0.15) is 0 Å². The molecule has 2 aliphatic heterocycles. The van der Waals surface area contributed by atoms with Gasteiger partial charge < -0.3 is 24.8 Å². The first-order chi connectivity index (χ1) is 16.8. The Hall–Kier alpha value is -2.82. The van der Waals surface area contributed by atoms with E-state index in [2.05, 4.69) is 46.8 Å². The highest BCUT2D eigenvalue weighted by atomic mass is 16.5. The summed E-state index contributed by atoms with van der Waals surface area (Å²) < 4.78 is 13.4. The quantitative estimate of drug-likeness (QED) is 0.275.